The lowest BCUT2D eigenvalue weighted by atomic mass is 9.96. The molecule has 46 heavy (non-hydrogen) atoms. The molecule has 1 saturated heterocycles. The highest BCUT2D eigenvalue weighted by Crippen LogP contribution is 2.36. The van der Waals surface area contributed by atoms with Crippen LogP contribution >= 0.6 is 11.6 Å². The number of nitrogens with two attached hydrogens (primary N) is 1. The van der Waals surface area contributed by atoms with Gasteiger partial charge in [0.1, 0.15) is 5.75 Å². The maximum atomic E-state index is 16.4. The summed E-state index contributed by atoms with van der Waals surface area (Å²) >= 11 is 5.98. The summed E-state index contributed by atoms with van der Waals surface area (Å²) in [5.74, 6) is -4.19. The van der Waals surface area contributed by atoms with Crippen molar-refractivity contribution in [3.05, 3.63) is 95.5 Å². The molecule has 6 rings (SSSR count). The minimum Gasteiger partial charge on any atom is -0.490 e. The van der Waals surface area contributed by atoms with Gasteiger partial charge in [-0.25, -0.2) is 8.42 Å². The van der Waals surface area contributed by atoms with Crippen LogP contribution in [0.5, 0.6) is 5.75 Å². The van der Waals surface area contributed by atoms with Crippen molar-refractivity contribution in [3.8, 4) is 16.9 Å². The van der Waals surface area contributed by atoms with Crippen molar-refractivity contribution < 1.29 is 26.7 Å². The third-order valence-electron chi connectivity index (χ3n) is 8.88. The molecule has 4 aromatic carbocycles. The van der Waals surface area contributed by atoms with Gasteiger partial charge in [0.05, 0.1) is 11.0 Å². The number of carbonyl (C=O) groups is 1. The standard InChI is InChI=1S/C35H36ClF2N3O4S/c36-28-13-7-24(8-14-28)23-5-11-27(12-6-23)35(37,38)33(34(42)41-19-17-29(39)18-20-41)40-46(43,44)32-16-10-25-21-31(15-9-26(25)22-32)45-30-3-1-2-4-30/h5-16,21-22,29-30,33,40H,1-4,17-20,39H2/t33-/m0/s1. The Morgan fingerprint density at radius 2 is 1.46 bits per heavy atom. The van der Waals surface area contributed by atoms with Gasteiger partial charge < -0.3 is 15.4 Å². The van der Waals surface area contributed by atoms with Crippen LogP contribution in [-0.2, 0) is 20.7 Å². The monoisotopic (exact) mass is 667 g/mol. The van der Waals surface area contributed by atoms with E-state index in [2.05, 4.69) is 4.72 Å². The number of amides is 1. The van der Waals surface area contributed by atoms with Crippen LogP contribution in [0.3, 0.4) is 0 Å². The zero-order chi connectivity index (χ0) is 32.5. The third-order valence-corrected chi connectivity index (χ3v) is 10.6. The van der Waals surface area contributed by atoms with Gasteiger partial charge in [0, 0.05) is 29.7 Å². The van der Waals surface area contributed by atoms with E-state index in [9.17, 15) is 13.2 Å². The summed E-state index contributed by atoms with van der Waals surface area (Å²) in [6.45, 7) is 0.316. The Labute approximate surface area is 272 Å². The molecule has 0 radical (unpaired) electrons. The maximum Gasteiger partial charge on any atom is 0.298 e. The topological polar surface area (TPSA) is 102 Å². The van der Waals surface area contributed by atoms with Gasteiger partial charge in [-0.3, -0.25) is 4.79 Å². The smallest absolute Gasteiger partial charge is 0.298 e. The molecule has 1 heterocycles. The van der Waals surface area contributed by atoms with Crippen molar-refractivity contribution in [2.75, 3.05) is 13.1 Å². The molecule has 7 nitrogen and oxygen atoms in total. The molecule has 1 amide bonds. The minimum absolute atomic E-state index is 0.151. The summed E-state index contributed by atoms with van der Waals surface area (Å²) < 4.78 is 68.3. The van der Waals surface area contributed by atoms with Gasteiger partial charge in [-0.2, -0.15) is 13.5 Å². The van der Waals surface area contributed by atoms with Crippen molar-refractivity contribution >= 4 is 38.3 Å². The van der Waals surface area contributed by atoms with Crippen LogP contribution in [0.2, 0.25) is 5.02 Å². The van der Waals surface area contributed by atoms with Gasteiger partial charge in [-0.05, 0) is 96.8 Å². The number of nitrogens with one attached hydrogen (secondary N) is 1. The molecule has 1 saturated carbocycles. The summed E-state index contributed by atoms with van der Waals surface area (Å²) in [4.78, 5) is 14.7. The first-order valence-corrected chi connectivity index (χ1v) is 17.4. The number of hydrogen-bond acceptors (Lipinski definition) is 5. The Kier molecular flexibility index (Phi) is 9.34. The summed E-state index contributed by atoms with van der Waals surface area (Å²) in [7, 11) is -4.57. The first-order valence-electron chi connectivity index (χ1n) is 15.5. The van der Waals surface area contributed by atoms with Crippen molar-refractivity contribution in [3.63, 3.8) is 0 Å². The van der Waals surface area contributed by atoms with Gasteiger partial charge >= 0.3 is 0 Å². The molecule has 242 valence electrons. The molecule has 3 N–H and O–H groups in total. The van der Waals surface area contributed by atoms with Crippen molar-refractivity contribution in [2.45, 2.75) is 67.5 Å². The highest BCUT2D eigenvalue weighted by molar-refractivity contribution is 7.89. The fourth-order valence-corrected chi connectivity index (χ4v) is 7.49. The Morgan fingerprint density at radius 1 is 0.870 bits per heavy atom. The highest BCUT2D eigenvalue weighted by Gasteiger charge is 2.50. The van der Waals surface area contributed by atoms with Crippen LogP contribution < -0.4 is 15.2 Å². The van der Waals surface area contributed by atoms with Gasteiger partial charge in [0.2, 0.25) is 15.9 Å². The predicted molar refractivity (Wildman–Crippen MR) is 176 cm³/mol. The van der Waals surface area contributed by atoms with Crippen molar-refractivity contribution in [1.82, 2.24) is 9.62 Å². The molecule has 0 unspecified atom stereocenters. The summed E-state index contributed by atoms with van der Waals surface area (Å²) in [6.07, 6.45) is 5.31. The number of piperidine rings is 1. The molecule has 4 aromatic rings. The lowest BCUT2D eigenvalue weighted by Gasteiger charge is -2.35. The van der Waals surface area contributed by atoms with E-state index in [1.54, 1.807) is 42.5 Å². The number of sulfonamides is 1. The average molecular weight is 668 g/mol. The van der Waals surface area contributed by atoms with E-state index in [0.717, 1.165) is 36.6 Å². The van der Waals surface area contributed by atoms with Gasteiger partial charge in [-0.1, -0.05) is 60.1 Å². The van der Waals surface area contributed by atoms with Crippen molar-refractivity contribution in [2.24, 2.45) is 5.73 Å². The Balaban J connectivity index is 1.29. The fraction of sp³-hybridized carbons (Fsp3) is 0.343. The quantitative estimate of drug-likeness (QED) is 0.203. The summed E-state index contributed by atoms with van der Waals surface area (Å²) in [5.41, 5.74) is 6.92. The first-order chi connectivity index (χ1) is 22.0. The zero-order valence-corrected chi connectivity index (χ0v) is 26.7. The average Bonchev–Trinajstić information content (AvgIpc) is 3.57. The molecule has 2 aliphatic rings. The number of carbonyl (C=O) groups excluding carboxylic acids is 1. The lowest BCUT2D eigenvalue weighted by molar-refractivity contribution is -0.145. The van der Waals surface area contributed by atoms with Gasteiger partial charge in [0.25, 0.3) is 5.92 Å². The lowest BCUT2D eigenvalue weighted by Crippen LogP contribution is -2.57. The second-order valence-electron chi connectivity index (χ2n) is 12.1. The van der Waals surface area contributed by atoms with E-state index in [4.69, 9.17) is 22.1 Å². The molecule has 0 aromatic heterocycles. The molecule has 1 aliphatic carbocycles. The molecule has 0 bridgehead atoms. The second kappa shape index (κ2) is 13.3. The Bertz CT molecular complexity index is 1810. The van der Waals surface area contributed by atoms with E-state index in [1.165, 1.54) is 41.3 Å². The fourth-order valence-electron chi connectivity index (χ4n) is 6.14. The Morgan fingerprint density at radius 3 is 2.11 bits per heavy atom. The number of halogens is 3. The normalized spacial score (nSPS) is 17.3. The van der Waals surface area contributed by atoms with Crippen LogP contribution in [0.15, 0.2) is 89.8 Å². The Hall–Kier alpha value is -3.57. The van der Waals surface area contributed by atoms with E-state index in [-0.39, 0.29) is 30.1 Å². The molecule has 11 heteroatoms. The van der Waals surface area contributed by atoms with Crippen LogP contribution in [-0.4, -0.2) is 50.5 Å². The van der Waals surface area contributed by atoms with Crippen LogP contribution in [0, 0.1) is 0 Å². The van der Waals surface area contributed by atoms with E-state index >= 15 is 8.78 Å². The van der Waals surface area contributed by atoms with Crippen LogP contribution in [0.25, 0.3) is 21.9 Å². The van der Waals surface area contributed by atoms with Gasteiger partial charge in [0.15, 0.2) is 6.04 Å². The second-order valence-corrected chi connectivity index (χ2v) is 14.3. The number of hydrogen-bond donors (Lipinski definition) is 2. The van der Waals surface area contributed by atoms with E-state index in [1.807, 2.05) is 6.07 Å². The third kappa shape index (κ3) is 7.05. The zero-order valence-electron chi connectivity index (χ0n) is 25.2. The molecule has 0 spiro atoms. The predicted octanol–water partition coefficient (Wildman–Crippen LogP) is 6.87. The number of benzene rings is 4. The number of nitrogens with zero attached hydrogens (tertiary/aromatic N) is 1. The number of alkyl halides is 2. The van der Waals surface area contributed by atoms with Crippen molar-refractivity contribution in [1.29, 1.82) is 0 Å². The summed E-state index contributed by atoms with van der Waals surface area (Å²) in [5, 5.41) is 1.89. The van der Waals surface area contributed by atoms with Crippen LogP contribution in [0.4, 0.5) is 8.78 Å². The van der Waals surface area contributed by atoms with Gasteiger partial charge in [-0.15, -0.1) is 0 Å². The van der Waals surface area contributed by atoms with E-state index < -0.39 is 33.5 Å². The molecular formula is C35H36ClF2N3O4S. The molecule has 2 fully saturated rings. The minimum atomic E-state index is -4.57. The molecule has 1 atom stereocenters. The molecular weight excluding hydrogens is 632 g/mol. The van der Waals surface area contributed by atoms with Crippen LogP contribution in [0.1, 0.15) is 44.1 Å². The maximum absolute atomic E-state index is 16.4. The molecule has 1 aliphatic heterocycles. The highest BCUT2D eigenvalue weighted by atomic mass is 35.5. The SMILES string of the molecule is NC1CCN(C(=O)[C@H](NS(=O)(=O)c2ccc3cc(OC4CCCC4)ccc3c2)C(F)(F)c2ccc(-c3ccc(Cl)cc3)cc2)CC1. The number of ether oxygens (including phenoxy) is 1. The number of fused-ring (bicyclic) bond motifs is 1. The number of rotatable bonds is 9. The largest absolute Gasteiger partial charge is 0.490 e. The number of likely N-dealkylation sites (tertiary alicyclic amines) is 1. The summed E-state index contributed by atoms with van der Waals surface area (Å²) in [6, 6.07) is 19.6. The first kappa shape index (κ1) is 32.4. The van der Waals surface area contributed by atoms with E-state index in [0.29, 0.717) is 34.6 Å².